The number of methoxy groups -OCH3 is 1. The maximum atomic E-state index is 12.8. The van der Waals surface area contributed by atoms with E-state index in [0.717, 1.165) is 18.8 Å². The number of rotatable bonds is 6. The van der Waals surface area contributed by atoms with Crippen molar-refractivity contribution in [2.75, 3.05) is 40.0 Å². The fourth-order valence-electron chi connectivity index (χ4n) is 3.82. The number of ether oxygens (including phenoxy) is 3. The Bertz CT molecular complexity index is 782. The number of amides is 1. The lowest BCUT2D eigenvalue weighted by Crippen LogP contribution is -2.40. The Balaban J connectivity index is 1.49. The molecular formula is C21H26N2O5. The molecule has 1 unspecified atom stereocenters. The Labute approximate surface area is 164 Å². The Hall–Kier alpha value is -2.67. The minimum Gasteiger partial charge on any atom is -0.493 e. The second-order valence-corrected chi connectivity index (χ2v) is 7.04. The van der Waals surface area contributed by atoms with E-state index in [-0.39, 0.29) is 11.9 Å². The lowest BCUT2D eigenvalue weighted by atomic mass is 10.1. The third-order valence-electron chi connectivity index (χ3n) is 5.25. The summed E-state index contributed by atoms with van der Waals surface area (Å²) in [5.74, 6) is 2.29. The molecule has 0 spiro atoms. The van der Waals surface area contributed by atoms with Gasteiger partial charge in [0.15, 0.2) is 11.5 Å². The van der Waals surface area contributed by atoms with Gasteiger partial charge in [-0.2, -0.15) is 0 Å². The van der Waals surface area contributed by atoms with Gasteiger partial charge >= 0.3 is 0 Å². The van der Waals surface area contributed by atoms with Crippen LogP contribution in [0.2, 0.25) is 0 Å². The molecule has 0 bridgehead atoms. The molecule has 0 aliphatic carbocycles. The summed E-state index contributed by atoms with van der Waals surface area (Å²) in [5.41, 5.74) is 0.484. The summed E-state index contributed by atoms with van der Waals surface area (Å²) in [5, 5.41) is 3.05. The number of hydrogen-bond donors (Lipinski definition) is 1. The van der Waals surface area contributed by atoms with E-state index in [1.165, 1.54) is 19.3 Å². The van der Waals surface area contributed by atoms with Crippen molar-refractivity contribution in [3.05, 3.63) is 41.9 Å². The highest BCUT2D eigenvalue weighted by atomic mass is 16.6. The van der Waals surface area contributed by atoms with Gasteiger partial charge in [0, 0.05) is 12.1 Å². The molecule has 1 atom stereocenters. The highest BCUT2D eigenvalue weighted by Gasteiger charge is 2.26. The summed E-state index contributed by atoms with van der Waals surface area (Å²) in [7, 11) is 1.55. The van der Waals surface area contributed by atoms with Gasteiger partial charge in [-0.1, -0.05) is 6.42 Å². The summed E-state index contributed by atoms with van der Waals surface area (Å²) >= 11 is 0. The Morgan fingerprint density at radius 1 is 1.21 bits per heavy atom. The quantitative estimate of drug-likeness (QED) is 0.823. The highest BCUT2D eigenvalue weighted by molar-refractivity contribution is 5.95. The van der Waals surface area contributed by atoms with Gasteiger partial charge in [-0.15, -0.1) is 0 Å². The molecule has 1 saturated heterocycles. The summed E-state index contributed by atoms with van der Waals surface area (Å²) in [6.45, 7) is 3.42. The molecule has 150 valence electrons. The van der Waals surface area contributed by atoms with Gasteiger partial charge in [-0.05, 0) is 50.2 Å². The van der Waals surface area contributed by atoms with Crippen molar-refractivity contribution in [3.63, 3.8) is 0 Å². The molecule has 1 aromatic carbocycles. The average Bonchev–Trinajstić information content (AvgIpc) is 3.28. The number of piperidine rings is 1. The zero-order chi connectivity index (χ0) is 19.3. The van der Waals surface area contributed by atoms with Crippen LogP contribution in [0.5, 0.6) is 17.2 Å². The molecule has 7 heteroatoms. The number of fused-ring (bicyclic) bond motifs is 1. The van der Waals surface area contributed by atoms with Crippen LogP contribution in [0.4, 0.5) is 0 Å². The lowest BCUT2D eigenvalue weighted by Gasteiger charge is -2.33. The second-order valence-electron chi connectivity index (χ2n) is 7.04. The highest BCUT2D eigenvalue weighted by Crippen LogP contribution is 2.40. The standard InChI is InChI=1S/C21H26N2O5/c1-25-18-12-15(13-19-20(18)28-11-10-27-19)21(24)22-14-16(17-6-5-9-26-17)23-7-3-2-4-8-23/h5-6,9,12-13,16H,2-4,7-8,10-11,14H2,1H3,(H,22,24). The molecule has 1 N–H and O–H groups in total. The first-order valence-corrected chi connectivity index (χ1v) is 9.79. The zero-order valence-electron chi connectivity index (χ0n) is 16.1. The van der Waals surface area contributed by atoms with Crippen LogP contribution in [-0.2, 0) is 0 Å². The average molecular weight is 386 g/mol. The van der Waals surface area contributed by atoms with Crippen molar-refractivity contribution in [3.8, 4) is 17.2 Å². The van der Waals surface area contributed by atoms with E-state index >= 15 is 0 Å². The third kappa shape index (κ3) is 3.94. The zero-order valence-corrected chi connectivity index (χ0v) is 16.1. The van der Waals surface area contributed by atoms with Crippen LogP contribution in [0.15, 0.2) is 34.9 Å². The molecule has 1 aromatic heterocycles. The molecular weight excluding hydrogens is 360 g/mol. The fourth-order valence-corrected chi connectivity index (χ4v) is 3.82. The second kappa shape index (κ2) is 8.56. The van der Waals surface area contributed by atoms with Crippen LogP contribution in [-0.4, -0.2) is 50.8 Å². The van der Waals surface area contributed by atoms with Crippen molar-refractivity contribution >= 4 is 5.91 Å². The molecule has 4 rings (SSSR count). The Kier molecular flexibility index (Phi) is 5.71. The minimum atomic E-state index is -0.177. The maximum absolute atomic E-state index is 12.8. The van der Waals surface area contributed by atoms with E-state index in [2.05, 4.69) is 10.2 Å². The third-order valence-corrected chi connectivity index (χ3v) is 5.25. The van der Waals surface area contributed by atoms with E-state index < -0.39 is 0 Å². The van der Waals surface area contributed by atoms with Gasteiger partial charge in [0.05, 0.1) is 19.4 Å². The number of hydrogen-bond acceptors (Lipinski definition) is 6. The van der Waals surface area contributed by atoms with E-state index in [9.17, 15) is 4.79 Å². The largest absolute Gasteiger partial charge is 0.493 e. The van der Waals surface area contributed by atoms with Gasteiger partial charge in [0.25, 0.3) is 5.91 Å². The molecule has 0 saturated carbocycles. The van der Waals surface area contributed by atoms with Crippen LogP contribution in [0.25, 0.3) is 0 Å². The monoisotopic (exact) mass is 386 g/mol. The minimum absolute atomic E-state index is 0.0263. The van der Waals surface area contributed by atoms with E-state index in [1.54, 1.807) is 25.5 Å². The summed E-state index contributed by atoms with van der Waals surface area (Å²) in [6, 6.07) is 7.28. The van der Waals surface area contributed by atoms with E-state index in [1.807, 2.05) is 12.1 Å². The molecule has 1 fully saturated rings. The van der Waals surface area contributed by atoms with Crippen molar-refractivity contribution < 1.29 is 23.4 Å². The molecule has 2 aliphatic rings. The van der Waals surface area contributed by atoms with Gasteiger partial charge < -0.3 is 23.9 Å². The topological polar surface area (TPSA) is 73.2 Å². The first-order valence-electron chi connectivity index (χ1n) is 9.79. The van der Waals surface area contributed by atoms with Crippen molar-refractivity contribution in [2.24, 2.45) is 0 Å². The van der Waals surface area contributed by atoms with Crippen LogP contribution < -0.4 is 19.5 Å². The smallest absolute Gasteiger partial charge is 0.251 e. The number of nitrogens with one attached hydrogen (secondary N) is 1. The molecule has 7 nitrogen and oxygen atoms in total. The van der Waals surface area contributed by atoms with E-state index in [0.29, 0.717) is 42.6 Å². The fraction of sp³-hybridized carbons (Fsp3) is 0.476. The number of furan rings is 1. The Morgan fingerprint density at radius 2 is 2.04 bits per heavy atom. The molecule has 28 heavy (non-hydrogen) atoms. The lowest BCUT2D eigenvalue weighted by molar-refractivity contribution is 0.0912. The summed E-state index contributed by atoms with van der Waals surface area (Å²) in [4.78, 5) is 15.2. The number of carbonyl (C=O) groups excluding carboxylic acids is 1. The van der Waals surface area contributed by atoms with Crippen molar-refractivity contribution in [1.82, 2.24) is 10.2 Å². The molecule has 3 heterocycles. The summed E-state index contributed by atoms with van der Waals surface area (Å²) in [6.07, 6.45) is 5.28. The normalized spacial score (nSPS) is 17.8. The summed E-state index contributed by atoms with van der Waals surface area (Å²) < 4.78 is 22.3. The number of benzene rings is 1. The van der Waals surface area contributed by atoms with Gasteiger partial charge in [0.1, 0.15) is 19.0 Å². The van der Waals surface area contributed by atoms with Crippen LogP contribution in [0.1, 0.15) is 41.4 Å². The Morgan fingerprint density at radius 3 is 2.79 bits per heavy atom. The van der Waals surface area contributed by atoms with Crippen molar-refractivity contribution in [1.29, 1.82) is 0 Å². The van der Waals surface area contributed by atoms with Gasteiger partial charge in [0.2, 0.25) is 5.75 Å². The molecule has 2 aliphatic heterocycles. The maximum Gasteiger partial charge on any atom is 0.251 e. The number of nitrogens with zero attached hydrogens (tertiary/aromatic N) is 1. The predicted octanol–water partition coefficient (Wildman–Crippen LogP) is 3.02. The van der Waals surface area contributed by atoms with E-state index in [4.69, 9.17) is 18.6 Å². The predicted molar refractivity (Wildman–Crippen MR) is 103 cm³/mol. The van der Waals surface area contributed by atoms with Gasteiger partial charge in [-0.3, -0.25) is 9.69 Å². The first-order chi connectivity index (χ1) is 13.8. The van der Waals surface area contributed by atoms with Crippen LogP contribution in [0, 0.1) is 0 Å². The number of likely N-dealkylation sites (tertiary alicyclic amines) is 1. The van der Waals surface area contributed by atoms with Crippen LogP contribution >= 0.6 is 0 Å². The van der Waals surface area contributed by atoms with Crippen molar-refractivity contribution in [2.45, 2.75) is 25.3 Å². The molecule has 1 amide bonds. The molecule has 2 aromatic rings. The molecule has 0 radical (unpaired) electrons. The number of carbonyl (C=O) groups is 1. The van der Waals surface area contributed by atoms with Gasteiger partial charge in [-0.25, -0.2) is 0 Å². The van der Waals surface area contributed by atoms with Crippen LogP contribution in [0.3, 0.4) is 0 Å². The SMILES string of the molecule is COc1cc(C(=O)NCC(c2ccco2)N2CCCCC2)cc2c1OCCO2. The first kappa shape index (κ1) is 18.7.